The number of nitrogens with zero attached hydrogens (tertiary/aromatic N) is 3. The maximum atomic E-state index is 11.7. The third kappa shape index (κ3) is 26.3. The number of carboxylic acids is 2. The molecule has 1 heterocycles. The van der Waals surface area contributed by atoms with E-state index in [2.05, 4.69) is 185 Å². The van der Waals surface area contributed by atoms with Gasteiger partial charge in [-0.15, -0.1) is 0 Å². The maximum absolute atomic E-state index is 11.7. The number of allylic oxidation sites excluding steroid dienone is 12. The second kappa shape index (κ2) is 51.0. The van der Waals surface area contributed by atoms with Crippen molar-refractivity contribution < 1.29 is 62.4 Å². The third-order valence-electron chi connectivity index (χ3n) is 25.6. The van der Waals surface area contributed by atoms with Crippen molar-refractivity contribution >= 4 is 146 Å². The second-order valence-electron chi connectivity index (χ2n) is 34.7. The van der Waals surface area contributed by atoms with Gasteiger partial charge in [0, 0.05) is 30.7 Å². The highest BCUT2D eigenvalue weighted by molar-refractivity contribution is 6.56. The Balaban J connectivity index is 0.000000195. The lowest BCUT2D eigenvalue weighted by Crippen LogP contribution is -2.41. The number of rotatable bonds is 29. The summed E-state index contributed by atoms with van der Waals surface area (Å²) in [6.07, 6.45) is 24.9. The Kier molecular flexibility index (Phi) is 39.0. The number of hydrogen-bond donors (Lipinski definition) is 2. The van der Waals surface area contributed by atoms with E-state index >= 15 is 0 Å². The highest BCUT2D eigenvalue weighted by Crippen LogP contribution is 2.51. The highest BCUT2D eigenvalue weighted by atomic mass is 35.5. The lowest BCUT2D eigenvalue weighted by molar-refractivity contribution is -0.138. The van der Waals surface area contributed by atoms with Crippen LogP contribution in [0.3, 0.4) is 0 Å². The van der Waals surface area contributed by atoms with Crippen molar-refractivity contribution in [2.45, 2.75) is 154 Å². The van der Waals surface area contributed by atoms with Gasteiger partial charge in [-0.3, -0.25) is 0 Å². The molecule has 16 nitrogen and oxygen atoms in total. The fourth-order valence-electron chi connectivity index (χ4n) is 18.1. The zero-order valence-electron chi connectivity index (χ0n) is 81.3. The molecule has 16 rings (SSSR count). The summed E-state index contributed by atoms with van der Waals surface area (Å²) in [4.78, 5) is 56.6. The lowest BCUT2D eigenvalue weighted by atomic mass is 9.70. The van der Waals surface area contributed by atoms with Crippen LogP contribution in [-0.4, -0.2) is 87.0 Å². The summed E-state index contributed by atoms with van der Waals surface area (Å²) in [7, 11) is 4.40. The van der Waals surface area contributed by atoms with Crippen LogP contribution in [0.4, 0.5) is 17.1 Å². The molecule has 2 N–H and O–H groups in total. The Morgan fingerprint density at radius 1 is 0.385 bits per heavy atom. The van der Waals surface area contributed by atoms with Crippen LogP contribution in [0.5, 0.6) is 17.2 Å². The molecule has 0 spiro atoms. The third-order valence-corrected chi connectivity index (χ3v) is 26.1. The van der Waals surface area contributed by atoms with Crippen molar-refractivity contribution in [3.63, 3.8) is 0 Å². The number of ether oxygens (including phenoxy) is 5. The predicted octanol–water partition coefficient (Wildman–Crippen LogP) is 31.6. The molecule has 18 heteroatoms. The number of benzene rings is 11. The van der Waals surface area contributed by atoms with Crippen molar-refractivity contribution in [2.24, 2.45) is 0 Å². The Morgan fingerprint density at radius 3 is 0.986 bits per heavy atom. The number of halogens is 1. The van der Waals surface area contributed by atoms with E-state index in [1.165, 1.54) is 73.4 Å². The molecular formula is C125H125BClN3O13. The molecule has 0 radical (unpaired) electrons. The molecule has 0 saturated carbocycles. The average Bonchev–Trinajstić information content (AvgIpc) is 1.75. The number of carbonyl (C=O) groups excluding carboxylic acids is 2. The zero-order chi connectivity index (χ0) is 99.7. The van der Waals surface area contributed by atoms with E-state index in [1.807, 2.05) is 133 Å². The van der Waals surface area contributed by atoms with E-state index in [4.69, 9.17) is 74.5 Å². The van der Waals surface area contributed by atoms with Gasteiger partial charge in [-0.05, 0) is 320 Å². The zero-order valence-corrected chi connectivity index (χ0v) is 82.0. The van der Waals surface area contributed by atoms with Crippen LogP contribution < -0.4 is 14.2 Å². The van der Waals surface area contributed by atoms with Gasteiger partial charge in [-0.1, -0.05) is 292 Å². The maximum Gasteiger partial charge on any atom is 0.491 e. The summed E-state index contributed by atoms with van der Waals surface area (Å²) in [6, 6.07) is 82.6. The number of carbonyl (C=O) groups is 4. The summed E-state index contributed by atoms with van der Waals surface area (Å²) in [5.74, 6) is -0.680. The number of hydrogen-bond acceptors (Lipinski definition) is 11. The van der Waals surface area contributed by atoms with Crippen LogP contribution in [0.15, 0.2) is 301 Å². The molecule has 0 atom stereocenters. The number of fused-ring (bicyclic) bond motifs is 4. The van der Waals surface area contributed by atoms with Crippen LogP contribution in [0.1, 0.15) is 223 Å². The van der Waals surface area contributed by atoms with Gasteiger partial charge in [0.25, 0.3) is 0 Å². The number of aliphatic carboxylic acids is 2. The second-order valence-corrected chi connectivity index (χ2v) is 35.1. The molecule has 0 amide bonds. The minimum atomic E-state index is -0.991. The highest BCUT2D eigenvalue weighted by Gasteiger charge is 2.53. The van der Waals surface area contributed by atoms with Gasteiger partial charge < -0.3 is 43.2 Å². The molecule has 4 aliphatic carbocycles. The van der Waals surface area contributed by atoms with Crippen LogP contribution in [0, 0.1) is 19.7 Å². The molecule has 0 unspecified atom stereocenters. The van der Waals surface area contributed by atoms with Gasteiger partial charge in [-0.2, -0.15) is 0 Å². The summed E-state index contributed by atoms with van der Waals surface area (Å²) in [5.41, 5.74) is 34.6. The quantitative estimate of drug-likeness (QED) is 0.0148. The summed E-state index contributed by atoms with van der Waals surface area (Å²) in [6.45, 7) is 44.5. The average molecular weight is 1920 g/mol. The first-order chi connectivity index (χ1) is 67.7. The van der Waals surface area contributed by atoms with Gasteiger partial charge in [0.05, 0.1) is 70.5 Å². The van der Waals surface area contributed by atoms with Gasteiger partial charge >= 0.3 is 31.0 Å². The Hall–Kier alpha value is -15.7. The SMILES string of the molecule is C.C.C.CCOC(=O)/C=C/c1ccc(/C(C2=Cc3ccccc3C2)=C(/CC)B2OC(C)(C)C(C)(C)O2)cc1.[C-]#[N+]c1cc(OC)ccc1/C(CC)=C(/C1=C(Cl)c2ccccc2C1)c1ccc(/C=C/C(=O)O)cc1.[C-]#[N+]c1cc(OC)ccc1/C(CC)=C(/C1=Cc2ccccc2C1)c1ccc(/C=C/C(=O)O)cc1.[C-]#[N+]c1cc(OC)ccc1/C(CC)=C(/C1=Cc2ccccc2C1)c1ccc(/C=C/C(=O)OCC)cc1. The van der Waals surface area contributed by atoms with E-state index in [0.29, 0.717) is 65.4 Å². The summed E-state index contributed by atoms with van der Waals surface area (Å²) < 4.78 is 39.0. The number of methoxy groups -OCH3 is 3. The fraction of sp³-hybridized carbons (Fsp3) is 0.224. The van der Waals surface area contributed by atoms with Crippen LogP contribution in [0.2, 0.25) is 0 Å². The molecule has 1 fully saturated rings. The summed E-state index contributed by atoms with van der Waals surface area (Å²) in [5, 5.41) is 18.6. The van der Waals surface area contributed by atoms with E-state index in [9.17, 15) is 19.2 Å². The van der Waals surface area contributed by atoms with Crippen molar-refractivity contribution in [3.8, 4) is 17.2 Å². The summed E-state index contributed by atoms with van der Waals surface area (Å²) >= 11 is 6.97. The van der Waals surface area contributed by atoms with Crippen LogP contribution in [-0.2, 0) is 63.6 Å². The van der Waals surface area contributed by atoms with E-state index in [-0.39, 0.29) is 34.2 Å². The number of esters is 2. The van der Waals surface area contributed by atoms with Crippen LogP contribution in [0.25, 0.3) is 101 Å². The first kappa shape index (κ1) is 109. The van der Waals surface area contributed by atoms with Gasteiger partial charge in [-0.25, -0.2) is 33.7 Å². The monoisotopic (exact) mass is 1920 g/mol. The molecule has 5 aliphatic rings. The molecule has 1 aliphatic heterocycles. The first-order valence-electron chi connectivity index (χ1n) is 47.0. The van der Waals surface area contributed by atoms with E-state index in [0.717, 1.165) is 162 Å². The molecule has 143 heavy (non-hydrogen) atoms. The van der Waals surface area contributed by atoms with Crippen LogP contribution >= 0.6 is 11.6 Å². The Labute approximate surface area is 849 Å². The predicted molar refractivity (Wildman–Crippen MR) is 590 cm³/mol. The first-order valence-corrected chi connectivity index (χ1v) is 47.3. The van der Waals surface area contributed by atoms with E-state index < -0.39 is 30.3 Å². The molecule has 11 aromatic carbocycles. The molecule has 11 aromatic rings. The standard InChI is InChI=1S/C32H29NO3.C30H35BO4.C30H24ClNO3.C30H25NO3.3CH4/c1-5-28(29-17-16-27(35-4)21-30(29)33-3)32(26-19-24-9-7-8-10-25(24)20-26)23-14-11-22(12-15-23)13-18-31(34)36-6-2;1-7-26(31-34-29(3,4)30(5,6)35-31)28(25-19-23-11-9-10-12-24(23)20-25)22-16-13-21(14-17-22)15-18-27(32)33-8-2;1-4-23(25-15-14-22(35-3)18-27(25)32-2)29(20-12-9-19(10-13-20)11-16-28(33)34)26-17-21-7-5-6-8-24(21)30(26)31;1-4-26(27-15-14-25(34-3)19-28(27)31-2)30(24-17-22-7-5-6-8-23(22)18-24)21-12-9-20(10-13-21)11-16-29(32)33;;;/h7-19,21H,5-6,20H2,1-2,4H3;9-19H,7-8,20H2,1-6H3;5-16,18H,4,17H2,1,3H3,(H,33,34);5-17,19H,4,18H2,1,3H3,(H,32,33);3*1H4/b18-13+,32-28+;18-15+,28-26+;16-11+,29-23+;16-11+,30-26+;;;. The van der Waals surface area contributed by atoms with E-state index in [1.54, 1.807) is 77.7 Å². The van der Waals surface area contributed by atoms with Crippen molar-refractivity contribution in [1.29, 1.82) is 0 Å². The molecular weight excluding hydrogens is 1800 g/mol. The van der Waals surface area contributed by atoms with Gasteiger partial charge in [0.2, 0.25) is 0 Å². The van der Waals surface area contributed by atoms with Gasteiger partial charge in [0.15, 0.2) is 17.1 Å². The van der Waals surface area contributed by atoms with Gasteiger partial charge in [0.1, 0.15) is 17.2 Å². The van der Waals surface area contributed by atoms with Crippen molar-refractivity contribution in [1.82, 2.24) is 0 Å². The normalized spacial score (nSPS) is 14.3. The Morgan fingerprint density at radius 2 is 0.685 bits per heavy atom. The molecule has 1 saturated heterocycles. The molecule has 0 aromatic heterocycles. The molecule has 0 bridgehead atoms. The Bertz CT molecular complexity index is 7050. The number of carboxylic acid groups (broad SMARTS) is 2. The van der Waals surface area contributed by atoms with Crippen molar-refractivity contribution in [2.75, 3.05) is 34.5 Å². The molecule has 728 valence electrons. The van der Waals surface area contributed by atoms with Crippen molar-refractivity contribution in [3.05, 3.63) is 441 Å². The lowest BCUT2D eigenvalue weighted by Gasteiger charge is -2.32. The minimum Gasteiger partial charge on any atom is -0.498 e. The minimum absolute atomic E-state index is 0. The topological polar surface area (TPSA) is 186 Å². The smallest absolute Gasteiger partial charge is 0.491 e. The fourth-order valence-corrected chi connectivity index (χ4v) is 18.4. The largest absolute Gasteiger partial charge is 0.498 e.